The third-order valence-electron chi connectivity index (χ3n) is 5.02. The number of methoxy groups -OCH3 is 1. The summed E-state index contributed by atoms with van der Waals surface area (Å²) in [5, 5.41) is 0.393. The van der Waals surface area contributed by atoms with E-state index < -0.39 is 0 Å². The van der Waals surface area contributed by atoms with E-state index in [1.165, 1.54) is 0 Å². The topological polar surface area (TPSA) is 64.8 Å². The zero-order valence-electron chi connectivity index (χ0n) is 16.9. The van der Waals surface area contributed by atoms with E-state index in [1.54, 1.807) is 19.2 Å². The van der Waals surface area contributed by atoms with E-state index in [2.05, 4.69) is 27.7 Å². The molecule has 1 aromatic rings. The van der Waals surface area contributed by atoms with Crippen molar-refractivity contribution in [3.63, 3.8) is 0 Å². The highest BCUT2D eigenvalue weighted by Gasteiger charge is 2.35. The van der Waals surface area contributed by atoms with Crippen LogP contribution in [0, 0.1) is 11.3 Å². The fourth-order valence-corrected chi connectivity index (χ4v) is 3.38. The molecule has 154 valence electrons. The third-order valence-corrected chi connectivity index (χ3v) is 5.30. The number of ether oxygens (including phenoxy) is 2. The Morgan fingerprint density at radius 3 is 2.63 bits per heavy atom. The number of carbonyl (C=O) groups excluding carboxylic acids is 1. The van der Waals surface area contributed by atoms with Gasteiger partial charge in [-0.25, -0.2) is 0 Å². The van der Waals surface area contributed by atoms with E-state index in [9.17, 15) is 4.79 Å². The molecular formula is C20H32Cl2N2O3. The SMILES string of the molecule is COc1cc(C(=O)N2CCC(N)C(C)(C)C2)cc(Cl)c1OCCC(C)C.Cl. The summed E-state index contributed by atoms with van der Waals surface area (Å²) in [5.74, 6) is 1.46. The summed E-state index contributed by atoms with van der Waals surface area (Å²) in [7, 11) is 1.55. The molecule has 1 aliphatic rings. The van der Waals surface area contributed by atoms with Crippen LogP contribution in [0.15, 0.2) is 12.1 Å². The van der Waals surface area contributed by atoms with Gasteiger partial charge in [0, 0.05) is 24.7 Å². The molecule has 0 aromatic heterocycles. The Balaban J connectivity index is 0.00000364. The van der Waals surface area contributed by atoms with Crippen molar-refractivity contribution < 1.29 is 14.3 Å². The largest absolute Gasteiger partial charge is 0.493 e. The third kappa shape index (κ3) is 5.90. The van der Waals surface area contributed by atoms with Crippen LogP contribution >= 0.6 is 24.0 Å². The van der Waals surface area contributed by atoms with Gasteiger partial charge in [0.05, 0.1) is 18.7 Å². The van der Waals surface area contributed by atoms with Crippen LogP contribution in [-0.4, -0.2) is 43.7 Å². The van der Waals surface area contributed by atoms with Gasteiger partial charge in [0.15, 0.2) is 11.5 Å². The Bertz CT molecular complexity index is 650. The van der Waals surface area contributed by atoms with Crippen LogP contribution in [0.2, 0.25) is 5.02 Å². The maximum atomic E-state index is 13.0. The lowest BCUT2D eigenvalue weighted by Gasteiger charge is -2.42. The van der Waals surface area contributed by atoms with Crippen LogP contribution < -0.4 is 15.2 Å². The van der Waals surface area contributed by atoms with Crippen molar-refractivity contribution in [2.75, 3.05) is 26.8 Å². The molecule has 0 bridgehead atoms. The smallest absolute Gasteiger partial charge is 0.254 e. The zero-order chi connectivity index (χ0) is 19.5. The number of halogens is 2. The molecule has 1 aromatic carbocycles. The first-order valence-electron chi connectivity index (χ1n) is 9.21. The Labute approximate surface area is 173 Å². The highest BCUT2D eigenvalue weighted by atomic mass is 35.5. The fourth-order valence-electron chi connectivity index (χ4n) is 3.11. The van der Waals surface area contributed by atoms with Crippen molar-refractivity contribution in [2.45, 2.75) is 46.6 Å². The molecule has 7 heteroatoms. The molecule has 0 radical (unpaired) electrons. The first kappa shape index (κ1) is 23.9. The second-order valence-electron chi connectivity index (χ2n) is 8.13. The summed E-state index contributed by atoms with van der Waals surface area (Å²) >= 11 is 6.40. The molecular weight excluding hydrogens is 387 g/mol. The Morgan fingerprint density at radius 2 is 2.07 bits per heavy atom. The minimum Gasteiger partial charge on any atom is -0.493 e. The number of nitrogens with two attached hydrogens (primary N) is 1. The zero-order valence-corrected chi connectivity index (χ0v) is 18.5. The monoisotopic (exact) mass is 418 g/mol. The van der Waals surface area contributed by atoms with Gasteiger partial charge in [-0.3, -0.25) is 4.79 Å². The quantitative estimate of drug-likeness (QED) is 0.743. The molecule has 1 heterocycles. The average molecular weight is 419 g/mol. The maximum absolute atomic E-state index is 13.0. The number of likely N-dealkylation sites (tertiary alicyclic amines) is 1. The van der Waals surface area contributed by atoms with Crippen LogP contribution in [0.1, 0.15) is 50.9 Å². The molecule has 1 unspecified atom stereocenters. The Morgan fingerprint density at radius 1 is 1.41 bits per heavy atom. The highest BCUT2D eigenvalue weighted by Crippen LogP contribution is 2.37. The van der Waals surface area contributed by atoms with E-state index in [0.29, 0.717) is 47.7 Å². The number of benzene rings is 1. The maximum Gasteiger partial charge on any atom is 0.254 e. The van der Waals surface area contributed by atoms with Gasteiger partial charge in [0.1, 0.15) is 0 Å². The summed E-state index contributed by atoms with van der Waals surface area (Å²) in [6.45, 7) is 10.3. The minimum atomic E-state index is -0.109. The van der Waals surface area contributed by atoms with Gasteiger partial charge in [0.25, 0.3) is 5.91 Å². The molecule has 1 fully saturated rings. The summed E-state index contributed by atoms with van der Waals surface area (Å²) in [6.07, 6.45) is 1.71. The van der Waals surface area contributed by atoms with E-state index in [0.717, 1.165) is 12.8 Å². The van der Waals surface area contributed by atoms with E-state index in [-0.39, 0.29) is 29.8 Å². The van der Waals surface area contributed by atoms with Crippen molar-refractivity contribution in [3.8, 4) is 11.5 Å². The summed E-state index contributed by atoms with van der Waals surface area (Å²) in [5.41, 5.74) is 6.57. The molecule has 1 saturated heterocycles. The van der Waals surface area contributed by atoms with Crippen LogP contribution in [0.5, 0.6) is 11.5 Å². The molecule has 2 N–H and O–H groups in total. The molecule has 1 aliphatic heterocycles. The van der Waals surface area contributed by atoms with Crippen molar-refractivity contribution in [3.05, 3.63) is 22.7 Å². The lowest BCUT2D eigenvalue weighted by molar-refractivity contribution is 0.0532. The van der Waals surface area contributed by atoms with Gasteiger partial charge < -0.3 is 20.1 Å². The summed E-state index contributed by atoms with van der Waals surface area (Å²) in [6, 6.07) is 3.47. The lowest BCUT2D eigenvalue weighted by atomic mass is 9.79. The first-order chi connectivity index (χ1) is 12.2. The van der Waals surface area contributed by atoms with E-state index in [4.69, 9.17) is 26.8 Å². The van der Waals surface area contributed by atoms with Gasteiger partial charge >= 0.3 is 0 Å². The standard InChI is InChI=1S/C20H31ClN2O3.ClH/c1-13(2)7-9-26-18-15(21)10-14(11-16(18)25-5)19(24)23-8-6-17(22)20(3,4)12-23;/h10-11,13,17H,6-9,12,22H2,1-5H3;1H. The van der Waals surface area contributed by atoms with Crippen LogP contribution in [-0.2, 0) is 0 Å². The van der Waals surface area contributed by atoms with Crippen LogP contribution in [0.25, 0.3) is 0 Å². The van der Waals surface area contributed by atoms with Gasteiger partial charge in [-0.1, -0.05) is 39.3 Å². The van der Waals surface area contributed by atoms with Crippen LogP contribution in [0.3, 0.4) is 0 Å². The number of rotatable bonds is 6. The normalized spacial score (nSPS) is 18.8. The van der Waals surface area contributed by atoms with Crippen LogP contribution in [0.4, 0.5) is 0 Å². The Hall–Kier alpha value is -1.17. The molecule has 0 saturated carbocycles. The van der Waals surface area contributed by atoms with Crippen molar-refractivity contribution in [1.82, 2.24) is 4.90 Å². The predicted octanol–water partition coefficient (Wildman–Crippen LogP) is 4.39. The molecule has 1 amide bonds. The van der Waals surface area contributed by atoms with E-state index >= 15 is 0 Å². The highest BCUT2D eigenvalue weighted by molar-refractivity contribution is 6.32. The Kier molecular flexibility index (Phi) is 8.71. The minimum absolute atomic E-state index is 0. The number of piperidine rings is 1. The molecule has 0 aliphatic carbocycles. The lowest BCUT2D eigenvalue weighted by Crippen LogP contribution is -2.54. The van der Waals surface area contributed by atoms with Gasteiger partial charge in [-0.2, -0.15) is 0 Å². The summed E-state index contributed by atoms with van der Waals surface area (Å²) in [4.78, 5) is 14.8. The number of amides is 1. The van der Waals surface area contributed by atoms with Crippen molar-refractivity contribution >= 4 is 29.9 Å². The second kappa shape index (κ2) is 9.85. The van der Waals surface area contributed by atoms with Gasteiger partial charge in [-0.15, -0.1) is 12.4 Å². The number of hydrogen-bond donors (Lipinski definition) is 1. The fraction of sp³-hybridized carbons (Fsp3) is 0.650. The summed E-state index contributed by atoms with van der Waals surface area (Å²) < 4.78 is 11.2. The molecule has 5 nitrogen and oxygen atoms in total. The van der Waals surface area contributed by atoms with Gasteiger partial charge in [0.2, 0.25) is 0 Å². The molecule has 27 heavy (non-hydrogen) atoms. The molecule has 0 spiro atoms. The number of carbonyl (C=O) groups is 1. The molecule has 1 atom stereocenters. The van der Waals surface area contributed by atoms with E-state index in [1.807, 2.05) is 4.90 Å². The number of nitrogens with zero attached hydrogens (tertiary/aromatic N) is 1. The van der Waals surface area contributed by atoms with Crippen molar-refractivity contribution in [1.29, 1.82) is 0 Å². The number of hydrogen-bond acceptors (Lipinski definition) is 4. The second-order valence-corrected chi connectivity index (χ2v) is 8.54. The van der Waals surface area contributed by atoms with Crippen molar-refractivity contribution in [2.24, 2.45) is 17.1 Å². The molecule has 2 rings (SSSR count). The van der Waals surface area contributed by atoms with Gasteiger partial charge in [-0.05, 0) is 36.3 Å². The first-order valence-corrected chi connectivity index (χ1v) is 9.58. The average Bonchev–Trinajstić information content (AvgIpc) is 2.57. The predicted molar refractivity (Wildman–Crippen MR) is 112 cm³/mol.